The second kappa shape index (κ2) is 3.84. The smallest absolute Gasteiger partial charge is 0.272 e. The van der Waals surface area contributed by atoms with E-state index >= 15 is 0 Å². The van der Waals surface area contributed by atoms with Crippen LogP contribution in [0.15, 0.2) is 46.1 Å². The molecule has 0 fully saturated rings. The summed E-state index contributed by atoms with van der Waals surface area (Å²) in [5.74, 6) is 0.170. The summed E-state index contributed by atoms with van der Waals surface area (Å²) in [6.45, 7) is 2.16. The number of hydrogen-bond acceptors (Lipinski definition) is 3. The fourth-order valence-corrected chi connectivity index (χ4v) is 2.13. The number of para-hydroxylation sites is 1. The van der Waals surface area contributed by atoms with E-state index in [9.17, 15) is 9.59 Å². The van der Waals surface area contributed by atoms with Gasteiger partial charge in [0.2, 0.25) is 0 Å². The zero-order chi connectivity index (χ0) is 12.7. The summed E-state index contributed by atoms with van der Waals surface area (Å²) < 4.78 is 6.95. The van der Waals surface area contributed by atoms with E-state index in [0.717, 1.165) is 10.9 Å². The van der Waals surface area contributed by atoms with Crippen molar-refractivity contribution in [3.8, 4) is 11.4 Å². The van der Waals surface area contributed by atoms with Crippen LogP contribution in [0.5, 0.6) is 5.75 Å². The van der Waals surface area contributed by atoms with Gasteiger partial charge in [0, 0.05) is 6.20 Å². The van der Waals surface area contributed by atoms with Crippen LogP contribution >= 0.6 is 0 Å². The summed E-state index contributed by atoms with van der Waals surface area (Å²) >= 11 is 0. The Kier molecular flexibility index (Phi) is 2.30. The third-order valence-electron chi connectivity index (χ3n) is 2.97. The van der Waals surface area contributed by atoms with Gasteiger partial charge in [-0.1, -0.05) is 18.2 Å². The average Bonchev–Trinajstić information content (AvgIpc) is 2.82. The lowest BCUT2D eigenvalue weighted by Crippen LogP contribution is -2.37. The zero-order valence-electron chi connectivity index (χ0n) is 9.84. The highest BCUT2D eigenvalue weighted by Gasteiger charge is 2.24. The second-order valence-corrected chi connectivity index (χ2v) is 4.01. The van der Waals surface area contributed by atoms with Gasteiger partial charge in [0.25, 0.3) is 10.9 Å². The van der Waals surface area contributed by atoms with Crippen molar-refractivity contribution in [2.24, 2.45) is 0 Å². The number of nitrogens with zero attached hydrogens (tertiary/aromatic N) is 1. The molecule has 1 heterocycles. The standard InChI is InChI=1S/C14H11NO3/c1-2-18-14-11(12(16)13(14)17)15-8-7-9-5-3-4-6-10(9)15/h3-8H,2H2,1H3. The molecule has 0 bridgehead atoms. The highest BCUT2D eigenvalue weighted by atomic mass is 16.5. The van der Waals surface area contributed by atoms with E-state index in [4.69, 9.17) is 4.74 Å². The number of aromatic nitrogens is 1. The summed E-state index contributed by atoms with van der Waals surface area (Å²) in [4.78, 5) is 23.1. The van der Waals surface area contributed by atoms with Crippen LogP contribution in [-0.4, -0.2) is 11.2 Å². The van der Waals surface area contributed by atoms with Crippen molar-refractivity contribution in [2.75, 3.05) is 6.61 Å². The van der Waals surface area contributed by atoms with Crippen LogP contribution in [-0.2, 0) is 0 Å². The first-order chi connectivity index (χ1) is 8.74. The van der Waals surface area contributed by atoms with Crippen molar-refractivity contribution in [1.29, 1.82) is 0 Å². The molecular weight excluding hydrogens is 230 g/mol. The maximum Gasteiger partial charge on any atom is 0.272 e. The molecule has 3 rings (SSSR count). The molecule has 0 aliphatic heterocycles. The van der Waals surface area contributed by atoms with E-state index in [0.29, 0.717) is 12.3 Å². The van der Waals surface area contributed by atoms with Gasteiger partial charge in [-0.25, -0.2) is 0 Å². The van der Waals surface area contributed by atoms with Gasteiger partial charge in [-0.05, 0) is 24.4 Å². The third kappa shape index (κ3) is 1.32. The maximum atomic E-state index is 11.7. The van der Waals surface area contributed by atoms with Crippen molar-refractivity contribution in [2.45, 2.75) is 6.92 Å². The van der Waals surface area contributed by atoms with E-state index in [1.807, 2.05) is 30.3 Å². The lowest BCUT2D eigenvalue weighted by Gasteiger charge is -2.12. The highest BCUT2D eigenvalue weighted by Crippen LogP contribution is 2.23. The molecule has 4 heteroatoms. The summed E-state index contributed by atoms with van der Waals surface area (Å²) in [5, 5.41) is 1.02. The van der Waals surface area contributed by atoms with Gasteiger partial charge in [-0.2, -0.15) is 0 Å². The summed E-state index contributed by atoms with van der Waals surface area (Å²) in [6, 6.07) is 9.59. The molecule has 0 aliphatic rings. The molecule has 0 N–H and O–H groups in total. The molecule has 0 spiro atoms. The first-order valence-electron chi connectivity index (χ1n) is 5.76. The Morgan fingerprint density at radius 2 is 1.89 bits per heavy atom. The zero-order valence-corrected chi connectivity index (χ0v) is 9.84. The van der Waals surface area contributed by atoms with Gasteiger partial charge in [0.05, 0.1) is 12.1 Å². The molecule has 18 heavy (non-hydrogen) atoms. The number of rotatable bonds is 3. The number of fused-ring (bicyclic) bond motifs is 1. The Hall–Kier alpha value is -2.36. The van der Waals surface area contributed by atoms with Crippen LogP contribution in [0.3, 0.4) is 0 Å². The molecular formula is C14H11NO3. The number of ether oxygens (including phenoxy) is 1. The van der Waals surface area contributed by atoms with Gasteiger partial charge >= 0.3 is 0 Å². The SMILES string of the molecule is CCOc1c(-n2ccc3ccccc32)c(=O)c1=O. The second-order valence-electron chi connectivity index (χ2n) is 4.01. The molecule has 0 saturated carbocycles. The Balaban J connectivity index is 2.25. The average molecular weight is 241 g/mol. The first kappa shape index (κ1) is 10.8. The van der Waals surface area contributed by atoms with E-state index in [1.165, 1.54) is 0 Å². The van der Waals surface area contributed by atoms with Crippen molar-refractivity contribution >= 4 is 10.9 Å². The largest absolute Gasteiger partial charge is 0.488 e. The van der Waals surface area contributed by atoms with Crippen molar-refractivity contribution < 1.29 is 4.74 Å². The summed E-state index contributed by atoms with van der Waals surface area (Å²) in [6.07, 6.45) is 1.78. The Bertz CT molecular complexity index is 791. The molecule has 90 valence electrons. The normalized spacial score (nSPS) is 11.2. The van der Waals surface area contributed by atoms with Crippen molar-refractivity contribution in [3.05, 3.63) is 57.0 Å². The molecule has 0 saturated heterocycles. The molecule has 0 aliphatic carbocycles. The Morgan fingerprint density at radius 3 is 2.67 bits per heavy atom. The Morgan fingerprint density at radius 1 is 1.11 bits per heavy atom. The molecule has 0 unspecified atom stereocenters. The van der Waals surface area contributed by atoms with E-state index < -0.39 is 10.9 Å². The number of benzene rings is 1. The monoisotopic (exact) mass is 241 g/mol. The minimum Gasteiger partial charge on any atom is -0.488 e. The first-order valence-corrected chi connectivity index (χ1v) is 5.76. The van der Waals surface area contributed by atoms with Crippen LogP contribution in [0.1, 0.15) is 6.92 Å². The van der Waals surface area contributed by atoms with Crippen LogP contribution in [0, 0.1) is 0 Å². The molecule has 1 aromatic heterocycles. The van der Waals surface area contributed by atoms with Crippen LogP contribution in [0.25, 0.3) is 16.6 Å². The van der Waals surface area contributed by atoms with Gasteiger partial charge < -0.3 is 9.30 Å². The van der Waals surface area contributed by atoms with Crippen LogP contribution < -0.4 is 15.6 Å². The molecule has 0 atom stereocenters. The van der Waals surface area contributed by atoms with Gasteiger partial charge in [0.1, 0.15) is 5.69 Å². The molecule has 2 aromatic carbocycles. The predicted octanol–water partition coefficient (Wildman–Crippen LogP) is 1.63. The molecule has 0 radical (unpaired) electrons. The molecule has 0 amide bonds. The predicted molar refractivity (Wildman–Crippen MR) is 69.4 cm³/mol. The quantitative estimate of drug-likeness (QED) is 0.655. The van der Waals surface area contributed by atoms with E-state index in [2.05, 4.69) is 0 Å². The topological polar surface area (TPSA) is 48.3 Å². The van der Waals surface area contributed by atoms with Gasteiger partial charge in [0.15, 0.2) is 5.75 Å². The lowest BCUT2D eigenvalue weighted by atomic mass is 10.2. The third-order valence-corrected chi connectivity index (χ3v) is 2.97. The molecule has 4 nitrogen and oxygen atoms in total. The van der Waals surface area contributed by atoms with Crippen molar-refractivity contribution in [3.63, 3.8) is 0 Å². The van der Waals surface area contributed by atoms with Crippen LogP contribution in [0.2, 0.25) is 0 Å². The number of hydrogen-bond donors (Lipinski definition) is 0. The summed E-state index contributed by atoms with van der Waals surface area (Å²) in [7, 11) is 0. The molecule has 3 aromatic rings. The Labute approximate surface area is 103 Å². The van der Waals surface area contributed by atoms with Crippen LogP contribution in [0.4, 0.5) is 0 Å². The van der Waals surface area contributed by atoms with E-state index in [-0.39, 0.29) is 5.75 Å². The van der Waals surface area contributed by atoms with Gasteiger partial charge in [-0.15, -0.1) is 0 Å². The highest BCUT2D eigenvalue weighted by molar-refractivity contribution is 5.82. The van der Waals surface area contributed by atoms with E-state index in [1.54, 1.807) is 17.7 Å². The summed E-state index contributed by atoms with van der Waals surface area (Å²) in [5.41, 5.74) is 0.207. The lowest BCUT2D eigenvalue weighted by molar-refractivity contribution is 0.331. The maximum absolute atomic E-state index is 11.7. The fourth-order valence-electron chi connectivity index (χ4n) is 2.13. The fraction of sp³-hybridized carbons (Fsp3) is 0.143. The minimum atomic E-state index is -0.537. The van der Waals surface area contributed by atoms with Gasteiger partial charge in [-0.3, -0.25) is 9.59 Å². The van der Waals surface area contributed by atoms with Crippen molar-refractivity contribution in [1.82, 2.24) is 4.57 Å². The minimum absolute atomic E-state index is 0.170.